The fourth-order valence-corrected chi connectivity index (χ4v) is 1.22. The van der Waals surface area contributed by atoms with Crippen molar-refractivity contribution in [2.24, 2.45) is 0 Å². The zero-order chi connectivity index (χ0) is 11.3. The average Bonchev–Trinajstić information content (AvgIpc) is 2.19. The van der Waals surface area contributed by atoms with Crippen molar-refractivity contribution in [3.05, 3.63) is 17.8 Å². The van der Waals surface area contributed by atoms with Crippen LogP contribution in [0.3, 0.4) is 0 Å². The van der Waals surface area contributed by atoms with E-state index in [1.54, 1.807) is 6.20 Å². The Morgan fingerprint density at radius 1 is 1.53 bits per heavy atom. The van der Waals surface area contributed by atoms with Crippen LogP contribution >= 0.6 is 0 Å². The summed E-state index contributed by atoms with van der Waals surface area (Å²) >= 11 is 0. The fraction of sp³-hybridized carbons (Fsp3) is 0.545. The number of aromatic nitrogens is 1. The number of hydrogen-bond donors (Lipinski definition) is 1. The largest absolute Gasteiger partial charge is 0.472 e. The van der Waals surface area contributed by atoms with Gasteiger partial charge in [-0.2, -0.15) is 0 Å². The maximum Gasteiger partial charge on any atom is 0.216 e. The lowest BCUT2D eigenvalue weighted by Crippen LogP contribution is -2.20. The van der Waals surface area contributed by atoms with Crippen molar-refractivity contribution in [1.29, 1.82) is 0 Å². The summed E-state index contributed by atoms with van der Waals surface area (Å²) in [5.41, 5.74) is 7.19. The van der Waals surface area contributed by atoms with Crippen LogP contribution in [0.1, 0.15) is 19.4 Å². The van der Waals surface area contributed by atoms with E-state index in [2.05, 4.69) is 4.98 Å². The fourth-order valence-electron chi connectivity index (χ4n) is 1.22. The van der Waals surface area contributed by atoms with E-state index in [0.717, 1.165) is 5.56 Å². The highest BCUT2D eigenvalue weighted by Crippen LogP contribution is 2.17. The van der Waals surface area contributed by atoms with E-state index < -0.39 is 0 Å². The van der Waals surface area contributed by atoms with E-state index >= 15 is 0 Å². The number of aryl methyl sites for hydroxylation is 1. The maximum atomic E-state index is 5.61. The molecule has 0 saturated heterocycles. The number of rotatable bonds is 5. The molecular formula is C11H18N2O2. The molecule has 0 aliphatic rings. The monoisotopic (exact) mass is 210 g/mol. The van der Waals surface area contributed by atoms with Crippen LogP contribution in [-0.4, -0.2) is 24.3 Å². The minimum atomic E-state index is -0.000209. The Bertz CT molecular complexity index is 315. The first kappa shape index (κ1) is 11.8. The zero-order valence-electron chi connectivity index (χ0n) is 9.49. The lowest BCUT2D eigenvalue weighted by Gasteiger charge is -2.15. The molecule has 0 aliphatic carbocycles. The number of nitrogens with two attached hydrogens (primary N) is 1. The molecule has 2 N–H and O–H groups in total. The molecule has 0 aliphatic heterocycles. The molecule has 0 bridgehead atoms. The average molecular weight is 210 g/mol. The summed E-state index contributed by atoms with van der Waals surface area (Å²) in [5.74, 6) is 0.622. The quantitative estimate of drug-likeness (QED) is 0.804. The second-order valence-electron chi connectivity index (χ2n) is 3.48. The van der Waals surface area contributed by atoms with Gasteiger partial charge < -0.3 is 15.2 Å². The van der Waals surface area contributed by atoms with Gasteiger partial charge in [-0.15, -0.1) is 0 Å². The molecule has 1 rings (SSSR count). The number of nitrogens with zero attached hydrogens (tertiary/aromatic N) is 1. The molecule has 1 aromatic heterocycles. The molecule has 1 heterocycles. The molecule has 84 valence electrons. The van der Waals surface area contributed by atoms with Gasteiger partial charge in [0.15, 0.2) is 0 Å². The van der Waals surface area contributed by atoms with E-state index in [1.807, 2.05) is 26.8 Å². The molecule has 1 unspecified atom stereocenters. The predicted molar refractivity (Wildman–Crippen MR) is 60.0 cm³/mol. The van der Waals surface area contributed by atoms with Crippen molar-refractivity contribution in [3.8, 4) is 5.88 Å². The minimum Gasteiger partial charge on any atom is -0.472 e. The Morgan fingerprint density at radius 3 is 2.87 bits per heavy atom. The molecule has 0 radical (unpaired) electrons. The summed E-state index contributed by atoms with van der Waals surface area (Å²) in [7, 11) is 0. The van der Waals surface area contributed by atoms with Crippen molar-refractivity contribution < 1.29 is 9.47 Å². The highest BCUT2D eigenvalue weighted by Gasteiger charge is 2.07. The Morgan fingerprint density at radius 2 is 2.27 bits per heavy atom. The summed E-state index contributed by atoms with van der Waals surface area (Å²) in [4.78, 5) is 4.12. The van der Waals surface area contributed by atoms with Gasteiger partial charge in [0.05, 0.1) is 18.5 Å². The summed E-state index contributed by atoms with van der Waals surface area (Å²) in [6, 6.07) is 1.84. The standard InChI is InChI=1S/C11H18N2O2/c1-4-14-7-9(3)15-11-8(2)5-10(12)6-13-11/h5-6,9H,4,7,12H2,1-3H3. The van der Waals surface area contributed by atoms with E-state index in [1.165, 1.54) is 0 Å². The van der Waals surface area contributed by atoms with Crippen LogP contribution in [0.5, 0.6) is 5.88 Å². The predicted octanol–water partition coefficient (Wildman–Crippen LogP) is 1.78. The Kier molecular flexibility index (Phi) is 4.37. The van der Waals surface area contributed by atoms with Crippen LogP contribution in [0.4, 0.5) is 5.69 Å². The zero-order valence-corrected chi connectivity index (χ0v) is 9.49. The molecule has 0 fully saturated rings. The molecule has 4 heteroatoms. The first-order chi connectivity index (χ1) is 7.13. The molecular weight excluding hydrogens is 192 g/mol. The summed E-state index contributed by atoms with van der Waals surface area (Å²) in [5, 5.41) is 0. The van der Waals surface area contributed by atoms with Gasteiger partial charge >= 0.3 is 0 Å². The Hall–Kier alpha value is -1.29. The molecule has 1 aromatic rings. The summed E-state index contributed by atoms with van der Waals surface area (Å²) in [6.45, 7) is 7.10. The van der Waals surface area contributed by atoms with E-state index in [9.17, 15) is 0 Å². The summed E-state index contributed by atoms with van der Waals surface area (Å²) in [6.07, 6.45) is 1.59. The topological polar surface area (TPSA) is 57.4 Å². The van der Waals surface area contributed by atoms with Crippen LogP contribution < -0.4 is 10.5 Å². The van der Waals surface area contributed by atoms with Gasteiger partial charge in [-0.05, 0) is 26.8 Å². The maximum absolute atomic E-state index is 5.61. The van der Waals surface area contributed by atoms with Gasteiger partial charge in [-0.1, -0.05) is 0 Å². The van der Waals surface area contributed by atoms with Gasteiger partial charge in [0.25, 0.3) is 0 Å². The smallest absolute Gasteiger partial charge is 0.216 e. The van der Waals surface area contributed by atoms with Crippen molar-refractivity contribution in [2.75, 3.05) is 18.9 Å². The van der Waals surface area contributed by atoms with Crippen LogP contribution in [0.15, 0.2) is 12.3 Å². The number of anilines is 1. The molecule has 1 atom stereocenters. The first-order valence-electron chi connectivity index (χ1n) is 5.10. The first-order valence-corrected chi connectivity index (χ1v) is 5.10. The van der Waals surface area contributed by atoms with Crippen LogP contribution in [0.25, 0.3) is 0 Å². The highest BCUT2D eigenvalue weighted by atomic mass is 16.5. The second kappa shape index (κ2) is 5.56. The van der Waals surface area contributed by atoms with Crippen molar-refractivity contribution >= 4 is 5.69 Å². The van der Waals surface area contributed by atoms with Crippen LogP contribution in [-0.2, 0) is 4.74 Å². The van der Waals surface area contributed by atoms with Gasteiger partial charge in [-0.3, -0.25) is 0 Å². The van der Waals surface area contributed by atoms with Crippen LogP contribution in [0, 0.1) is 6.92 Å². The van der Waals surface area contributed by atoms with Crippen LogP contribution in [0.2, 0.25) is 0 Å². The number of nitrogen functional groups attached to an aromatic ring is 1. The number of hydrogen-bond acceptors (Lipinski definition) is 4. The van der Waals surface area contributed by atoms with Gasteiger partial charge in [-0.25, -0.2) is 4.98 Å². The van der Waals surface area contributed by atoms with Crippen molar-refractivity contribution in [1.82, 2.24) is 4.98 Å². The SMILES string of the molecule is CCOCC(C)Oc1ncc(N)cc1C. The van der Waals surface area contributed by atoms with E-state index in [4.69, 9.17) is 15.2 Å². The normalized spacial score (nSPS) is 12.5. The molecule has 0 spiro atoms. The van der Waals surface area contributed by atoms with E-state index in [0.29, 0.717) is 24.8 Å². The molecule has 4 nitrogen and oxygen atoms in total. The number of ether oxygens (including phenoxy) is 2. The van der Waals surface area contributed by atoms with E-state index in [-0.39, 0.29) is 6.10 Å². The third-order valence-corrected chi connectivity index (χ3v) is 1.92. The third-order valence-electron chi connectivity index (χ3n) is 1.92. The lowest BCUT2D eigenvalue weighted by atomic mass is 10.3. The van der Waals surface area contributed by atoms with Crippen molar-refractivity contribution in [3.63, 3.8) is 0 Å². The highest BCUT2D eigenvalue weighted by molar-refractivity contribution is 5.41. The summed E-state index contributed by atoms with van der Waals surface area (Å²) < 4.78 is 10.9. The van der Waals surface area contributed by atoms with Gasteiger partial charge in [0, 0.05) is 12.2 Å². The van der Waals surface area contributed by atoms with Gasteiger partial charge in [0.2, 0.25) is 5.88 Å². The van der Waals surface area contributed by atoms with Crippen molar-refractivity contribution in [2.45, 2.75) is 26.9 Å². The molecule has 15 heavy (non-hydrogen) atoms. The minimum absolute atomic E-state index is 0.000209. The Labute approximate surface area is 90.4 Å². The number of pyridine rings is 1. The third kappa shape index (κ3) is 3.75. The van der Waals surface area contributed by atoms with Gasteiger partial charge in [0.1, 0.15) is 6.10 Å². The molecule has 0 amide bonds. The lowest BCUT2D eigenvalue weighted by molar-refractivity contribution is 0.0630. The molecule has 0 saturated carbocycles. The molecule has 0 aromatic carbocycles. The second-order valence-corrected chi connectivity index (χ2v) is 3.48. The Balaban J connectivity index is 2.56.